The van der Waals surface area contributed by atoms with Crippen LogP contribution in [0.15, 0.2) is 30.5 Å². The van der Waals surface area contributed by atoms with Crippen molar-refractivity contribution in [1.29, 1.82) is 0 Å². The quantitative estimate of drug-likeness (QED) is 0.900. The third kappa shape index (κ3) is 2.31. The zero-order valence-electron chi connectivity index (χ0n) is 11.7. The van der Waals surface area contributed by atoms with E-state index in [4.69, 9.17) is 0 Å². The number of carbonyl (C=O) groups excluding carboxylic acids is 1. The van der Waals surface area contributed by atoms with Crippen molar-refractivity contribution in [2.75, 3.05) is 6.54 Å². The average Bonchev–Trinajstić information content (AvgIpc) is 3.04. The number of aryl methyl sites for hydroxylation is 1. The van der Waals surface area contributed by atoms with E-state index in [-0.39, 0.29) is 5.91 Å². The van der Waals surface area contributed by atoms with E-state index in [0.29, 0.717) is 12.1 Å². The molecule has 4 nitrogen and oxygen atoms in total. The molecule has 1 saturated carbocycles. The molecule has 20 heavy (non-hydrogen) atoms. The lowest BCUT2D eigenvalue weighted by Gasteiger charge is -2.22. The van der Waals surface area contributed by atoms with Gasteiger partial charge in [0.25, 0.3) is 5.91 Å². The summed E-state index contributed by atoms with van der Waals surface area (Å²) < 4.78 is 2.00. The molecule has 2 aromatic rings. The maximum absolute atomic E-state index is 12.3. The van der Waals surface area contributed by atoms with Gasteiger partial charge in [-0.2, -0.15) is 0 Å². The molecule has 1 aliphatic carbocycles. The van der Waals surface area contributed by atoms with Crippen LogP contribution in [0.2, 0.25) is 0 Å². The Bertz CT molecular complexity index is 639. The highest BCUT2D eigenvalue weighted by Crippen LogP contribution is 2.28. The van der Waals surface area contributed by atoms with Gasteiger partial charge in [0.2, 0.25) is 0 Å². The van der Waals surface area contributed by atoms with Crippen molar-refractivity contribution < 1.29 is 9.90 Å². The summed E-state index contributed by atoms with van der Waals surface area (Å²) in [5, 5.41) is 14.1. The summed E-state index contributed by atoms with van der Waals surface area (Å²) >= 11 is 0. The second-order valence-electron chi connectivity index (χ2n) is 5.78. The number of aliphatic hydroxyl groups is 1. The molecular formula is C16H20N2O2. The summed E-state index contributed by atoms with van der Waals surface area (Å²) in [6.07, 6.45) is 5.60. The first-order valence-corrected chi connectivity index (χ1v) is 7.14. The normalized spacial score (nSPS) is 17.5. The monoisotopic (exact) mass is 272 g/mol. The summed E-state index contributed by atoms with van der Waals surface area (Å²) in [5.41, 5.74) is 1.00. The maximum atomic E-state index is 12.3. The first-order chi connectivity index (χ1) is 9.59. The van der Waals surface area contributed by atoms with Crippen LogP contribution in [0.25, 0.3) is 10.9 Å². The molecule has 1 aromatic heterocycles. The molecule has 1 aliphatic rings. The second-order valence-corrected chi connectivity index (χ2v) is 5.78. The predicted molar refractivity (Wildman–Crippen MR) is 78.7 cm³/mol. The van der Waals surface area contributed by atoms with Crippen LogP contribution >= 0.6 is 0 Å². The molecule has 3 rings (SSSR count). The molecule has 4 heteroatoms. The van der Waals surface area contributed by atoms with E-state index in [9.17, 15) is 9.90 Å². The van der Waals surface area contributed by atoms with Gasteiger partial charge in [0.15, 0.2) is 0 Å². The molecule has 1 amide bonds. The molecule has 1 aromatic carbocycles. The van der Waals surface area contributed by atoms with Crippen LogP contribution in [0.5, 0.6) is 0 Å². The molecule has 0 bridgehead atoms. The Labute approximate surface area is 118 Å². The van der Waals surface area contributed by atoms with Crippen LogP contribution < -0.4 is 5.32 Å². The van der Waals surface area contributed by atoms with Gasteiger partial charge in [-0.3, -0.25) is 4.79 Å². The van der Waals surface area contributed by atoms with Crippen LogP contribution in [0.4, 0.5) is 0 Å². The van der Waals surface area contributed by atoms with Crippen molar-refractivity contribution in [3.05, 3.63) is 36.0 Å². The number of benzene rings is 1. The minimum atomic E-state index is -0.708. The maximum Gasteiger partial charge on any atom is 0.252 e. The largest absolute Gasteiger partial charge is 0.388 e. The molecule has 0 unspecified atom stereocenters. The fraction of sp³-hybridized carbons (Fsp3) is 0.438. The van der Waals surface area contributed by atoms with E-state index in [0.717, 1.165) is 36.6 Å². The molecule has 1 heterocycles. The number of carbonyl (C=O) groups is 1. The lowest BCUT2D eigenvalue weighted by Crippen LogP contribution is -2.40. The lowest BCUT2D eigenvalue weighted by molar-refractivity contribution is 0.0450. The molecule has 106 valence electrons. The average molecular weight is 272 g/mol. The number of rotatable bonds is 3. The summed E-state index contributed by atoms with van der Waals surface area (Å²) in [7, 11) is 1.96. The Morgan fingerprint density at radius 1 is 1.35 bits per heavy atom. The number of hydrogen-bond acceptors (Lipinski definition) is 2. The second kappa shape index (κ2) is 4.94. The van der Waals surface area contributed by atoms with Gasteiger partial charge in [0.05, 0.1) is 5.60 Å². The molecular weight excluding hydrogens is 252 g/mol. The van der Waals surface area contributed by atoms with Crippen LogP contribution in [-0.4, -0.2) is 27.7 Å². The third-order valence-corrected chi connectivity index (χ3v) is 4.28. The van der Waals surface area contributed by atoms with Gasteiger partial charge in [-0.1, -0.05) is 18.9 Å². The van der Waals surface area contributed by atoms with E-state index >= 15 is 0 Å². The summed E-state index contributed by atoms with van der Waals surface area (Å²) in [6.45, 7) is 0.342. The summed E-state index contributed by atoms with van der Waals surface area (Å²) in [6, 6.07) is 7.67. The van der Waals surface area contributed by atoms with Gasteiger partial charge in [0.1, 0.15) is 0 Å². The number of aromatic nitrogens is 1. The van der Waals surface area contributed by atoms with Gasteiger partial charge in [-0.15, -0.1) is 0 Å². The van der Waals surface area contributed by atoms with Crippen molar-refractivity contribution in [2.24, 2.45) is 7.05 Å². The van der Waals surface area contributed by atoms with Crippen LogP contribution in [0.1, 0.15) is 36.0 Å². The fourth-order valence-electron chi connectivity index (χ4n) is 3.05. The Morgan fingerprint density at radius 3 is 2.85 bits per heavy atom. The van der Waals surface area contributed by atoms with Gasteiger partial charge in [-0.05, 0) is 31.0 Å². The SMILES string of the molecule is Cn1ccc2c(C(=O)NCC3(O)CCCC3)cccc21. The number of fused-ring (bicyclic) bond motifs is 1. The van der Waals surface area contributed by atoms with Gasteiger partial charge >= 0.3 is 0 Å². The standard InChI is InChI=1S/C16H20N2O2/c1-18-10-7-12-13(5-4-6-14(12)18)15(19)17-11-16(20)8-2-3-9-16/h4-7,10,20H,2-3,8-9,11H2,1H3,(H,17,19). The van der Waals surface area contributed by atoms with Crippen molar-refractivity contribution >= 4 is 16.8 Å². The van der Waals surface area contributed by atoms with E-state index < -0.39 is 5.60 Å². The van der Waals surface area contributed by atoms with E-state index in [1.165, 1.54) is 0 Å². The predicted octanol–water partition coefficient (Wildman–Crippen LogP) is 2.21. The topological polar surface area (TPSA) is 54.3 Å². The van der Waals surface area contributed by atoms with Crippen LogP contribution in [0.3, 0.4) is 0 Å². The van der Waals surface area contributed by atoms with Crippen LogP contribution in [-0.2, 0) is 7.05 Å². The van der Waals surface area contributed by atoms with Gasteiger partial charge < -0.3 is 15.0 Å². The van der Waals surface area contributed by atoms with E-state index in [1.807, 2.05) is 42.1 Å². The van der Waals surface area contributed by atoms with Crippen molar-refractivity contribution in [3.63, 3.8) is 0 Å². The molecule has 0 atom stereocenters. The molecule has 2 N–H and O–H groups in total. The van der Waals surface area contributed by atoms with Crippen molar-refractivity contribution in [3.8, 4) is 0 Å². The Morgan fingerprint density at radius 2 is 2.10 bits per heavy atom. The smallest absolute Gasteiger partial charge is 0.252 e. The van der Waals surface area contributed by atoms with Gasteiger partial charge in [0, 0.05) is 36.3 Å². The summed E-state index contributed by atoms with van der Waals surface area (Å²) in [5.74, 6) is -0.109. The van der Waals surface area contributed by atoms with E-state index in [1.54, 1.807) is 0 Å². The molecule has 1 fully saturated rings. The van der Waals surface area contributed by atoms with Gasteiger partial charge in [-0.25, -0.2) is 0 Å². The number of amides is 1. The number of nitrogens with zero attached hydrogens (tertiary/aromatic N) is 1. The first-order valence-electron chi connectivity index (χ1n) is 7.14. The molecule has 0 saturated heterocycles. The molecule has 0 aliphatic heterocycles. The highest BCUT2D eigenvalue weighted by atomic mass is 16.3. The van der Waals surface area contributed by atoms with Crippen molar-refractivity contribution in [2.45, 2.75) is 31.3 Å². The highest BCUT2D eigenvalue weighted by Gasteiger charge is 2.31. The number of nitrogens with one attached hydrogen (secondary N) is 1. The van der Waals surface area contributed by atoms with Crippen LogP contribution in [0, 0.1) is 0 Å². The highest BCUT2D eigenvalue weighted by molar-refractivity contribution is 6.06. The molecule has 0 radical (unpaired) electrons. The Balaban J connectivity index is 1.79. The number of hydrogen-bond donors (Lipinski definition) is 2. The minimum absolute atomic E-state index is 0.109. The first kappa shape index (κ1) is 13.2. The van der Waals surface area contributed by atoms with E-state index in [2.05, 4.69) is 5.32 Å². The summed E-state index contributed by atoms with van der Waals surface area (Å²) in [4.78, 5) is 12.3. The minimum Gasteiger partial charge on any atom is -0.388 e. The fourth-order valence-corrected chi connectivity index (χ4v) is 3.05. The molecule has 0 spiro atoms. The lowest BCUT2D eigenvalue weighted by atomic mass is 10.0. The Kier molecular flexibility index (Phi) is 3.26. The zero-order chi connectivity index (χ0) is 14.2. The third-order valence-electron chi connectivity index (χ3n) is 4.28. The Hall–Kier alpha value is -1.81. The zero-order valence-corrected chi connectivity index (χ0v) is 11.7. The van der Waals surface area contributed by atoms with Crippen molar-refractivity contribution in [1.82, 2.24) is 9.88 Å².